The first-order valence-electron chi connectivity index (χ1n) is 5.88. The van der Waals surface area contributed by atoms with Crippen LogP contribution in [0.1, 0.15) is 42.1 Å². The molecule has 0 bridgehead atoms. The molecule has 2 N–H and O–H groups in total. The molecule has 3 nitrogen and oxygen atoms in total. The summed E-state index contributed by atoms with van der Waals surface area (Å²) in [6.07, 6.45) is 0. The Morgan fingerprint density at radius 2 is 1.94 bits per heavy atom. The van der Waals surface area contributed by atoms with Crippen LogP contribution < -0.4 is 5.32 Å². The van der Waals surface area contributed by atoms with Crippen molar-refractivity contribution in [1.29, 1.82) is 0 Å². The van der Waals surface area contributed by atoms with Crippen molar-refractivity contribution in [3.8, 4) is 0 Å². The molecule has 0 aliphatic rings. The minimum absolute atomic E-state index is 0.0397. The van der Waals surface area contributed by atoms with Gasteiger partial charge >= 0.3 is 5.97 Å². The van der Waals surface area contributed by atoms with Gasteiger partial charge in [0, 0.05) is 21.8 Å². The van der Waals surface area contributed by atoms with Crippen LogP contribution in [-0.4, -0.2) is 17.1 Å². The van der Waals surface area contributed by atoms with Crippen molar-refractivity contribution < 1.29 is 9.90 Å². The summed E-state index contributed by atoms with van der Waals surface area (Å²) in [6, 6.07) is 2.33. The Hall–Kier alpha value is -0.870. The fourth-order valence-electron chi connectivity index (χ4n) is 1.92. The van der Waals surface area contributed by atoms with Gasteiger partial charge in [-0.05, 0) is 39.3 Å². The summed E-state index contributed by atoms with van der Waals surface area (Å²) in [5.41, 5.74) is 1.27. The molecule has 0 amide bonds. The molecule has 0 saturated carbocycles. The van der Waals surface area contributed by atoms with Crippen molar-refractivity contribution in [2.75, 3.05) is 0 Å². The highest BCUT2D eigenvalue weighted by atomic mass is 32.1. The van der Waals surface area contributed by atoms with E-state index in [1.54, 1.807) is 18.3 Å². The molecule has 0 radical (unpaired) electrons. The van der Waals surface area contributed by atoms with E-state index in [1.165, 1.54) is 15.3 Å². The number of hydrogen-bond donors (Lipinski definition) is 2. The number of thiophene rings is 1. The van der Waals surface area contributed by atoms with Gasteiger partial charge in [-0.25, -0.2) is 0 Å². The van der Waals surface area contributed by atoms with Crippen molar-refractivity contribution in [3.63, 3.8) is 0 Å². The molecule has 1 aromatic rings. The summed E-state index contributed by atoms with van der Waals surface area (Å²) >= 11 is 1.78. The Balaban J connectivity index is 2.69. The zero-order valence-corrected chi connectivity index (χ0v) is 11.9. The molecule has 0 saturated heterocycles. The molecule has 0 spiro atoms. The number of hydrogen-bond acceptors (Lipinski definition) is 3. The summed E-state index contributed by atoms with van der Waals surface area (Å²) in [5, 5.41) is 12.3. The van der Waals surface area contributed by atoms with Crippen molar-refractivity contribution in [3.05, 3.63) is 21.4 Å². The maximum absolute atomic E-state index is 10.9. The summed E-state index contributed by atoms with van der Waals surface area (Å²) < 4.78 is 0. The van der Waals surface area contributed by atoms with Gasteiger partial charge in [0.2, 0.25) is 0 Å². The molecule has 17 heavy (non-hydrogen) atoms. The molecule has 0 aliphatic heterocycles. The minimum Gasteiger partial charge on any atom is -0.481 e. The van der Waals surface area contributed by atoms with E-state index in [2.05, 4.69) is 32.2 Å². The van der Waals surface area contributed by atoms with Gasteiger partial charge in [0.25, 0.3) is 0 Å². The quantitative estimate of drug-likeness (QED) is 0.850. The third-order valence-electron chi connectivity index (χ3n) is 3.20. The van der Waals surface area contributed by atoms with Gasteiger partial charge in [-0.2, -0.15) is 0 Å². The lowest BCUT2D eigenvalue weighted by molar-refractivity contribution is -0.142. The molecule has 3 atom stereocenters. The van der Waals surface area contributed by atoms with Crippen LogP contribution in [0.2, 0.25) is 0 Å². The van der Waals surface area contributed by atoms with Crippen LogP contribution in [-0.2, 0) is 4.79 Å². The second kappa shape index (κ2) is 5.65. The first kappa shape index (κ1) is 14.2. The summed E-state index contributed by atoms with van der Waals surface area (Å²) in [5.74, 6) is -1.13. The predicted molar refractivity (Wildman–Crippen MR) is 71.6 cm³/mol. The average Bonchev–Trinajstić information content (AvgIpc) is 2.56. The summed E-state index contributed by atoms with van der Waals surface area (Å²) in [4.78, 5) is 13.5. The molecule has 0 aromatic carbocycles. The van der Waals surface area contributed by atoms with Gasteiger partial charge in [-0.15, -0.1) is 11.3 Å². The van der Waals surface area contributed by atoms with E-state index in [4.69, 9.17) is 5.11 Å². The topological polar surface area (TPSA) is 49.3 Å². The number of aryl methyl sites for hydroxylation is 2. The van der Waals surface area contributed by atoms with Gasteiger partial charge in [0.15, 0.2) is 0 Å². The Bertz CT molecular complexity index is 400. The Morgan fingerprint density at radius 1 is 1.35 bits per heavy atom. The highest BCUT2D eigenvalue weighted by Crippen LogP contribution is 2.26. The SMILES string of the molecule is Cc1cc(C(C)NC(C)C(C)C(=O)O)c(C)s1. The first-order chi connectivity index (χ1) is 7.82. The summed E-state index contributed by atoms with van der Waals surface area (Å²) in [6.45, 7) is 9.94. The average molecular weight is 255 g/mol. The number of rotatable bonds is 5. The van der Waals surface area contributed by atoms with Crippen molar-refractivity contribution in [2.24, 2.45) is 5.92 Å². The molecule has 1 aromatic heterocycles. The van der Waals surface area contributed by atoms with E-state index in [9.17, 15) is 4.79 Å². The fourth-order valence-corrected chi connectivity index (χ4v) is 2.95. The third kappa shape index (κ3) is 3.54. The maximum Gasteiger partial charge on any atom is 0.307 e. The number of carbonyl (C=O) groups is 1. The molecule has 0 aliphatic carbocycles. The van der Waals surface area contributed by atoms with Crippen LogP contribution in [0.5, 0.6) is 0 Å². The van der Waals surface area contributed by atoms with Crippen molar-refractivity contribution in [2.45, 2.75) is 46.7 Å². The molecular weight excluding hydrogens is 234 g/mol. The third-order valence-corrected chi connectivity index (χ3v) is 4.18. The number of nitrogens with one attached hydrogen (secondary N) is 1. The predicted octanol–water partition coefficient (Wildman–Crippen LogP) is 3.12. The Morgan fingerprint density at radius 3 is 2.35 bits per heavy atom. The van der Waals surface area contributed by atoms with E-state index in [1.807, 2.05) is 6.92 Å². The van der Waals surface area contributed by atoms with Gasteiger partial charge in [-0.3, -0.25) is 4.79 Å². The molecule has 4 heteroatoms. The lowest BCUT2D eigenvalue weighted by atomic mass is 10.0. The van der Waals surface area contributed by atoms with Crippen LogP contribution in [0.25, 0.3) is 0 Å². The Kier molecular flexibility index (Phi) is 4.71. The molecule has 1 rings (SSSR count). The highest BCUT2D eigenvalue weighted by Gasteiger charge is 2.22. The van der Waals surface area contributed by atoms with Crippen LogP contribution in [0, 0.1) is 19.8 Å². The first-order valence-corrected chi connectivity index (χ1v) is 6.70. The van der Waals surface area contributed by atoms with E-state index in [0.717, 1.165) is 0 Å². The molecule has 0 fully saturated rings. The number of carboxylic acid groups (broad SMARTS) is 1. The van der Waals surface area contributed by atoms with E-state index in [0.29, 0.717) is 0 Å². The number of aliphatic carboxylic acids is 1. The fraction of sp³-hybridized carbons (Fsp3) is 0.615. The standard InChI is InChI=1S/C13H21NO2S/c1-7-6-12(11(5)17-7)10(4)14-9(3)8(2)13(15)16/h6,8-10,14H,1-5H3,(H,15,16). The molecule has 3 unspecified atom stereocenters. The van der Waals surface area contributed by atoms with Crippen LogP contribution in [0.4, 0.5) is 0 Å². The van der Waals surface area contributed by atoms with Crippen LogP contribution in [0.3, 0.4) is 0 Å². The van der Waals surface area contributed by atoms with E-state index < -0.39 is 5.97 Å². The minimum atomic E-state index is -0.754. The Labute approximate surface area is 107 Å². The number of carboxylic acids is 1. The van der Waals surface area contributed by atoms with Gasteiger partial charge in [-0.1, -0.05) is 6.92 Å². The molecule has 1 heterocycles. The lowest BCUT2D eigenvalue weighted by Crippen LogP contribution is -2.37. The zero-order chi connectivity index (χ0) is 13.2. The highest BCUT2D eigenvalue weighted by molar-refractivity contribution is 7.12. The van der Waals surface area contributed by atoms with Gasteiger partial charge in [0.05, 0.1) is 5.92 Å². The van der Waals surface area contributed by atoms with E-state index in [-0.39, 0.29) is 18.0 Å². The summed E-state index contributed by atoms with van der Waals surface area (Å²) in [7, 11) is 0. The van der Waals surface area contributed by atoms with Crippen LogP contribution >= 0.6 is 11.3 Å². The maximum atomic E-state index is 10.9. The second-order valence-corrected chi connectivity index (χ2v) is 6.13. The second-order valence-electron chi connectivity index (χ2n) is 4.67. The van der Waals surface area contributed by atoms with Gasteiger partial charge < -0.3 is 10.4 Å². The van der Waals surface area contributed by atoms with Crippen LogP contribution in [0.15, 0.2) is 6.07 Å². The zero-order valence-electron chi connectivity index (χ0n) is 11.1. The lowest BCUT2D eigenvalue weighted by Gasteiger charge is -2.23. The van der Waals surface area contributed by atoms with Crippen molar-refractivity contribution >= 4 is 17.3 Å². The smallest absolute Gasteiger partial charge is 0.307 e. The largest absolute Gasteiger partial charge is 0.481 e. The van der Waals surface area contributed by atoms with E-state index >= 15 is 0 Å². The van der Waals surface area contributed by atoms with Gasteiger partial charge in [0.1, 0.15) is 0 Å². The molecule has 96 valence electrons. The molecular formula is C13H21NO2S. The van der Waals surface area contributed by atoms with Crippen molar-refractivity contribution in [1.82, 2.24) is 5.32 Å². The normalized spacial score (nSPS) is 16.5. The monoisotopic (exact) mass is 255 g/mol.